The molecule has 1 aromatic carbocycles. The minimum Gasteiger partial charge on any atom is -0.436 e. The van der Waals surface area contributed by atoms with Crippen molar-refractivity contribution in [2.24, 2.45) is 18.0 Å². The molecule has 0 fully saturated rings. The van der Waals surface area contributed by atoms with E-state index in [9.17, 15) is 14.4 Å². The van der Waals surface area contributed by atoms with Crippen LogP contribution in [-0.4, -0.2) is 33.0 Å². The van der Waals surface area contributed by atoms with Gasteiger partial charge < -0.3 is 4.74 Å². The number of carbonyl (C=O) groups excluding carboxylic acids is 1. The lowest BCUT2D eigenvalue weighted by atomic mass is 9.89. The average molecular weight is 451 g/mol. The van der Waals surface area contributed by atoms with Gasteiger partial charge in [-0.05, 0) is 30.9 Å². The van der Waals surface area contributed by atoms with Gasteiger partial charge in [0.25, 0.3) is 5.56 Å². The molecule has 158 valence electrons. The lowest BCUT2D eigenvalue weighted by Gasteiger charge is -2.20. The number of rotatable bonds is 5. The highest BCUT2D eigenvalue weighted by Gasteiger charge is 2.24. The third kappa shape index (κ3) is 4.39. The molecule has 0 saturated carbocycles. The fourth-order valence-electron chi connectivity index (χ4n) is 3.20. The molecule has 0 radical (unpaired) electrons. The van der Waals surface area contributed by atoms with Crippen molar-refractivity contribution in [2.75, 3.05) is 6.54 Å². The Kier molecular flexibility index (Phi) is 6.58. The summed E-state index contributed by atoms with van der Waals surface area (Å²) in [4.78, 5) is 42.1. The highest BCUT2D eigenvalue weighted by atomic mass is 35.5. The molecule has 2 heterocycles. The number of aliphatic imine (C=N–C) groups is 1. The van der Waals surface area contributed by atoms with Crippen LogP contribution in [0.15, 0.2) is 38.4 Å². The number of dihydropyridines is 1. The van der Waals surface area contributed by atoms with E-state index >= 15 is 0 Å². The first-order valence-electron chi connectivity index (χ1n) is 9.39. The molecule has 0 bridgehead atoms. The molecule has 1 aliphatic rings. The number of hydrogen-bond acceptors (Lipinski definition) is 6. The number of nitrogens with zero attached hydrogens (tertiary/aromatic N) is 3. The molecule has 0 saturated heterocycles. The lowest BCUT2D eigenvalue weighted by Crippen LogP contribution is -2.31. The van der Waals surface area contributed by atoms with E-state index < -0.39 is 11.2 Å². The van der Waals surface area contributed by atoms with Gasteiger partial charge in [-0.15, -0.1) is 0 Å². The average Bonchev–Trinajstić information content (AvgIpc) is 2.70. The minimum absolute atomic E-state index is 0.00231. The van der Waals surface area contributed by atoms with E-state index in [-0.39, 0.29) is 45.6 Å². The summed E-state index contributed by atoms with van der Waals surface area (Å²) < 4.78 is 6.80. The van der Waals surface area contributed by atoms with Gasteiger partial charge >= 0.3 is 5.69 Å². The number of aromatic nitrogens is 3. The number of benzene rings is 1. The summed E-state index contributed by atoms with van der Waals surface area (Å²) in [5.41, 5.74) is -0.306. The summed E-state index contributed by atoms with van der Waals surface area (Å²) >= 11 is 12.7. The van der Waals surface area contributed by atoms with E-state index in [0.717, 1.165) is 17.5 Å². The maximum atomic E-state index is 12.2. The summed E-state index contributed by atoms with van der Waals surface area (Å²) in [5.74, 6) is 0.494. The first kappa shape index (κ1) is 22.0. The molecule has 8 nitrogen and oxygen atoms in total. The third-order valence-electron chi connectivity index (χ3n) is 4.86. The summed E-state index contributed by atoms with van der Waals surface area (Å²) in [6.45, 7) is 4.05. The van der Waals surface area contributed by atoms with Crippen LogP contribution >= 0.6 is 23.2 Å². The number of halogens is 2. The maximum absolute atomic E-state index is 12.2. The molecule has 3 rings (SSSR count). The predicted molar refractivity (Wildman–Crippen MR) is 116 cm³/mol. The number of aryl methyl sites for hydroxylation is 1. The molecule has 0 aliphatic carbocycles. The van der Waals surface area contributed by atoms with Gasteiger partial charge in [-0.2, -0.15) is 5.10 Å². The molecule has 1 aliphatic heterocycles. The fraction of sp³-hybridized carbons (Fsp3) is 0.350. The summed E-state index contributed by atoms with van der Waals surface area (Å²) in [6, 6.07) is 2.93. The van der Waals surface area contributed by atoms with Crippen LogP contribution in [0.2, 0.25) is 10.0 Å². The van der Waals surface area contributed by atoms with Gasteiger partial charge in [0.1, 0.15) is 6.54 Å². The van der Waals surface area contributed by atoms with E-state index in [0.29, 0.717) is 11.1 Å². The van der Waals surface area contributed by atoms with Crippen LogP contribution in [-0.2, 0) is 11.8 Å². The molecular formula is C20H20Cl2N4O4. The van der Waals surface area contributed by atoms with E-state index in [1.165, 1.54) is 19.2 Å². The van der Waals surface area contributed by atoms with Gasteiger partial charge in [-0.3, -0.25) is 14.6 Å². The Morgan fingerprint density at radius 3 is 2.40 bits per heavy atom. The quantitative estimate of drug-likeness (QED) is 0.752. The number of nitrogens with one attached hydrogen (secondary N) is 1. The Morgan fingerprint density at radius 1 is 1.17 bits per heavy atom. The molecule has 10 heteroatoms. The van der Waals surface area contributed by atoms with Crippen LogP contribution in [0, 0.1) is 5.92 Å². The summed E-state index contributed by atoms with van der Waals surface area (Å²) in [7, 11) is 1.41. The van der Waals surface area contributed by atoms with Crippen molar-refractivity contribution in [3.8, 4) is 17.0 Å². The SMILES string of the molecule is CCC(CC)C1=CC(Oc2c(Cl)cc(-c3nn(C)c(=O)[nH]c3=O)cc2Cl)=NCC1=O. The zero-order valence-electron chi connectivity index (χ0n) is 16.7. The normalized spacial score (nSPS) is 14.0. The van der Waals surface area contributed by atoms with Crippen LogP contribution in [0.3, 0.4) is 0 Å². The second-order valence-corrected chi connectivity index (χ2v) is 7.61. The summed E-state index contributed by atoms with van der Waals surface area (Å²) in [6.07, 6.45) is 3.29. The highest BCUT2D eigenvalue weighted by molar-refractivity contribution is 6.38. The Bertz CT molecular complexity index is 1150. The molecular weight excluding hydrogens is 431 g/mol. The Labute approximate surface area is 182 Å². The predicted octanol–water partition coefficient (Wildman–Crippen LogP) is 3.17. The van der Waals surface area contributed by atoms with Crippen molar-refractivity contribution in [1.29, 1.82) is 0 Å². The number of ether oxygens (including phenoxy) is 1. The highest BCUT2D eigenvalue weighted by Crippen LogP contribution is 2.37. The molecule has 0 amide bonds. The number of hydrogen-bond donors (Lipinski definition) is 1. The van der Waals surface area contributed by atoms with Crippen LogP contribution in [0.1, 0.15) is 26.7 Å². The number of H-pyrrole nitrogens is 1. The molecule has 1 aromatic heterocycles. The molecule has 0 atom stereocenters. The van der Waals surface area contributed by atoms with Crippen molar-refractivity contribution in [2.45, 2.75) is 26.7 Å². The van der Waals surface area contributed by atoms with Crippen LogP contribution in [0.4, 0.5) is 0 Å². The molecule has 30 heavy (non-hydrogen) atoms. The van der Waals surface area contributed by atoms with Gasteiger partial charge in [-0.1, -0.05) is 37.0 Å². The van der Waals surface area contributed by atoms with Gasteiger partial charge in [-0.25, -0.2) is 14.5 Å². The summed E-state index contributed by atoms with van der Waals surface area (Å²) in [5, 5.41) is 4.22. The smallest absolute Gasteiger partial charge is 0.344 e. The first-order valence-corrected chi connectivity index (χ1v) is 10.1. The van der Waals surface area contributed by atoms with E-state index in [2.05, 4.69) is 15.1 Å². The number of ketones is 1. The second-order valence-electron chi connectivity index (χ2n) is 6.79. The van der Waals surface area contributed by atoms with Gasteiger partial charge in [0.05, 0.1) is 10.0 Å². The Morgan fingerprint density at radius 2 is 1.80 bits per heavy atom. The van der Waals surface area contributed by atoms with E-state index in [1.807, 2.05) is 13.8 Å². The van der Waals surface area contributed by atoms with Crippen molar-refractivity contribution in [1.82, 2.24) is 14.8 Å². The molecule has 0 spiro atoms. The van der Waals surface area contributed by atoms with Crippen molar-refractivity contribution in [3.05, 3.63) is 54.7 Å². The standard InChI is InChI=1S/C20H20Cl2N4O4/c1-4-10(5-2)12-8-16(23-9-15(12)27)30-18-13(21)6-11(7-14(18)22)17-19(28)24-20(29)26(3)25-17/h6-8,10H,4-5,9H2,1-3H3,(H,24,28,29). The van der Waals surface area contributed by atoms with Gasteiger partial charge in [0.15, 0.2) is 17.2 Å². The zero-order valence-corrected chi connectivity index (χ0v) is 18.2. The maximum Gasteiger partial charge on any atom is 0.344 e. The monoisotopic (exact) mass is 450 g/mol. The van der Waals surface area contributed by atoms with Gasteiger partial charge in [0.2, 0.25) is 5.90 Å². The van der Waals surface area contributed by atoms with E-state index in [1.54, 1.807) is 6.08 Å². The third-order valence-corrected chi connectivity index (χ3v) is 5.42. The lowest BCUT2D eigenvalue weighted by molar-refractivity contribution is -0.114. The van der Waals surface area contributed by atoms with Crippen LogP contribution < -0.4 is 16.0 Å². The topological polar surface area (TPSA) is 106 Å². The first-order chi connectivity index (χ1) is 14.2. The number of Topliss-reactive ketones (excluding diaryl/α,β-unsaturated/α-hetero) is 1. The second kappa shape index (κ2) is 8.97. The van der Waals surface area contributed by atoms with Crippen LogP contribution in [0.25, 0.3) is 11.3 Å². The number of carbonyl (C=O) groups is 1. The van der Waals surface area contributed by atoms with Gasteiger partial charge in [0, 0.05) is 24.3 Å². The molecule has 0 unspecified atom stereocenters. The Balaban J connectivity index is 1.96. The molecule has 1 N–H and O–H groups in total. The van der Waals surface area contributed by atoms with E-state index in [4.69, 9.17) is 27.9 Å². The van der Waals surface area contributed by atoms with Crippen molar-refractivity contribution < 1.29 is 9.53 Å². The van der Waals surface area contributed by atoms with Crippen molar-refractivity contribution in [3.63, 3.8) is 0 Å². The largest absolute Gasteiger partial charge is 0.436 e. The fourth-order valence-corrected chi connectivity index (χ4v) is 3.77. The minimum atomic E-state index is -0.660. The van der Waals surface area contributed by atoms with Crippen LogP contribution in [0.5, 0.6) is 5.75 Å². The Hall–Kier alpha value is -2.71. The zero-order chi connectivity index (χ0) is 22.0. The molecule has 2 aromatic rings. The number of aromatic amines is 1. The van der Waals surface area contributed by atoms with Crippen molar-refractivity contribution >= 4 is 34.9 Å².